The van der Waals surface area contributed by atoms with Crippen molar-refractivity contribution in [3.63, 3.8) is 0 Å². The molecule has 0 amide bonds. The Morgan fingerprint density at radius 2 is 0.636 bits per heavy atom. The molecule has 0 saturated carbocycles. The molecular formula is C22H10. The predicted octanol–water partition coefficient (Wildman–Crippen LogP) is 3.92. The van der Waals surface area contributed by atoms with E-state index in [0.29, 0.717) is 22.3 Å². The Balaban J connectivity index is 2.43. The summed E-state index contributed by atoms with van der Waals surface area (Å²) in [7, 11) is 0. The molecule has 98 valence electrons. The number of hydrogen-bond acceptors (Lipinski definition) is 0. The minimum absolute atomic E-state index is 0.715. The van der Waals surface area contributed by atoms with Crippen LogP contribution in [0.2, 0.25) is 0 Å². The van der Waals surface area contributed by atoms with E-state index in [9.17, 15) is 0 Å². The first-order valence-corrected chi connectivity index (χ1v) is 6.62. The van der Waals surface area contributed by atoms with Gasteiger partial charge in [0.05, 0.1) is 0 Å². The van der Waals surface area contributed by atoms with Crippen LogP contribution in [0.5, 0.6) is 0 Å². The van der Waals surface area contributed by atoms with Gasteiger partial charge in [-0.2, -0.15) is 0 Å². The van der Waals surface area contributed by atoms with E-state index in [1.807, 2.05) is 36.4 Å². The van der Waals surface area contributed by atoms with Gasteiger partial charge in [-0.1, -0.05) is 23.7 Å². The number of rotatable bonds is 0. The van der Waals surface area contributed by atoms with E-state index < -0.39 is 0 Å². The molecule has 22 heavy (non-hydrogen) atoms. The third kappa shape index (κ3) is 1.98. The molecular weight excluding hydrogens is 264 g/mol. The molecule has 0 heteroatoms. The minimum atomic E-state index is 0.715. The maximum absolute atomic E-state index is 5.52. The number of terminal acetylenes is 4. The maximum Gasteiger partial charge on any atom is 0.0405 e. The molecule has 0 unspecified atom stereocenters. The zero-order valence-corrected chi connectivity index (χ0v) is 11.8. The lowest BCUT2D eigenvalue weighted by atomic mass is 9.95. The predicted molar refractivity (Wildman–Crippen MR) is 93.2 cm³/mol. The summed E-state index contributed by atoms with van der Waals surface area (Å²) in [6.07, 6.45) is 22.1. The molecule has 0 N–H and O–H groups in total. The molecule has 0 saturated heterocycles. The molecule has 0 aliphatic carbocycles. The second-order valence-electron chi connectivity index (χ2n) is 4.92. The van der Waals surface area contributed by atoms with Crippen LogP contribution < -0.4 is 0 Å². The normalized spacial score (nSPS) is 9.64. The largest absolute Gasteiger partial charge is 0.115 e. The highest BCUT2D eigenvalue weighted by molar-refractivity contribution is 6.00. The van der Waals surface area contributed by atoms with E-state index in [0.717, 1.165) is 21.5 Å². The molecule has 0 nitrogen and oxygen atoms in total. The van der Waals surface area contributed by atoms with Crippen LogP contribution in [0.4, 0.5) is 0 Å². The molecule has 0 aromatic heterocycles. The van der Waals surface area contributed by atoms with Crippen LogP contribution in [0.25, 0.3) is 21.5 Å². The second-order valence-corrected chi connectivity index (χ2v) is 4.92. The van der Waals surface area contributed by atoms with Crippen molar-refractivity contribution in [2.75, 3.05) is 0 Å². The van der Waals surface area contributed by atoms with E-state index >= 15 is 0 Å². The first-order chi connectivity index (χ1) is 10.7. The van der Waals surface area contributed by atoms with Crippen LogP contribution in [0.15, 0.2) is 36.4 Å². The molecule has 3 aromatic rings. The van der Waals surface area contributed by atoms with Crippen molar-refractivity contribution in [1.82, 2.24) is 0 Å². The van der Waals surface area contributed by atoms with Gasteiger partial charge in [0, 0.05) is 22.3 Å². The van der Waals surface area contributed by atoms with Crippen molar-refractivity contribution < 1.29 is 0 Å². The molecule has 0 heterocycles. The summed E-state index contributed by atoms with van der Waals surface area (Å²) in [6.45, 7) is 0. The molecule has 0 fully saturated rings. The fourth-order valence-corrected chi connectivity index (χ4v) is 2.58. The van der Waals surface area contributed by atoms with Gasteiger partial charge in [0.25, 0.3) is 0 Å². The number of fused-ring (bicyclic) bond motifs is 2. The summed E-state index contributed by atoms with van der Waals surface area (Å²) in [6, 6.07) is 11.8. The molecule has 0 radical (unpaired) electrons. The fourth-order valence-electron chi connectivity index (χ4n) is 2.58. The van der Waals surface area contributed by atoms with Crippen LogP contribution >= 0.6 is 0 Å². The van der Waals surface area contributed by atoms with Crippen LogP contribution in [-0.2, 0) is 0 Å². The quantitative estimate of drug-likeness (QED) is 0.430. The summed E-state index contributed by atoms with van der Waals surface area (Å²) in [5.74, 6) is 10.5. The third-order valence-corrected chi connectivity index (χ3v) is 3.69. The van der Waals surface area contributed by atoms with Crippen molar-refractivity contribution in [1.29, 1.82) is 0 Å². The Hall–Kier alpha value is -3.58. The minimum Gasteiger partial charge on any atom is -0.115 e. The van der Waals surface area contributed by atoms with Crippen molar-refractivity contribution in [3.8, 4) is 49.4 Å². The Labute approximate surface area is 130 Å². The third-order valence-electron chi connectivity index (χ3n) is 3.69. The first kappa shape index (κ1) is 13.4. The zero-order chi connectivity index (χ0) is 15.7. The summed E-state index contributed by atoms with van der Waals surface area (Å²) >= 11 is 0. The van der Waals surface area contributed by atoms with Gasteiger partial charge in [-0.05, 0) is 57.9 Å². The van der Waals surface area contributed by atoms with Crippen molar-refractivity contribution in [2.45, 2.75) is 0 Å². The average molecular weight is 274 g/mol. The number of benzene rings is 3. The second kappa shape index (κ2) is 5.08. The maximum atomic E-state index is 5.52. The fraction of sp³-hybridized carbons (Fsp3) is 0. The van der Waals surface area contributed by atoms with Crippen LogP contribution in [0, 0.1) is 49.4 Å². The summed E-state index contributed by atoms with van der Waals surface area (Å²) in [4.78, 5) is 0. The monoisotopic (exact) mass is 274 g/mol. The lowest BCUT2D eigenvalue weighted by Crippen LogP contribution is -1.88. The van der Waals surface area contributed by atoms with E-state index in [2.05, 4.69) is 23.7 Å². The molecule has 0 aliphatic heterocycles. The van der Waals surface area contributed by atoms with Gasteiger partial charge in [-0.3, -0.25) is 0 Å². The molecule has 0 aliphatic rings. The molecule has 3 aromatic carbocycles. The summed E-state index contributed by atoms with van der Waals surface area (Å²) in [5.41, 5.74) is 2.86. The molecule has 0 spiro atoms. The lowest BCUT2D eigenvalue weighted by molar-refractivity contribution is 1.63. The highest BCUT2D eigenvalue weighted by atomic mass is 14.1. The zero-order valence-electron chi connectivity index (χ0n) is 11.8. The van der Waals surface area contributed by atoms with Crippen LogP contribution in [-0.4, -0.2) is 0 Å². The van der Waals surface area contributed by atoms with Gasteiger partial charge in [0.15, 0.2) is 0 Å². The molecule has 0 bridgehead atoms. The van der Waals surface area contributed by atoms with Crippen LogP contribution in [0.3, 0.4) is 0 Å². The van der Waals surface area contributed by atoms with E-state index in [1.165, 1.54) is 0 Å². The van der Waals surface area contributed by atoms with Gasteiger partial charge in [-0.25, -0.2) is 0 Å². The van der Waals surface area contributed by atoms with E-state index in [-0.39, 0.29) is 0 Å². The SMILES string of the molecule is C#Cc1cc2cc3cc(C#C)c(C#C)cc3cc2cc1C#C. The Bertz CT molecular complexity index is 921. The average Bonchev–Trinajstić information content (AvgIpc) is 2.57. The topological polar surface area (TPSA) is 0 Å². The van der Waals surface area contributed by atoms with Gasteiger partial charge < -0.3 is 0 Å². The summed E-state index contributed by atoms with van der Waals surface area (Å²) in [5, 5.41) is 4.10. The molecule has 3 rings (SSSR count). The van der Waals surface area contributed by atoms with Gasteiger partial charge in [0.1, 0.15) is 0 Å². The van der Waals surface area contributed by atoms with Crippen molar-refractivity contribution >= 4 is 21.5 Å². The van der Waals surface area contributed by atoms with Gasteiger partial charge in [0.2, 0.25) is 0 Å². The van der Waals surface area contributed by atoms with Gasteiger partial charge >= 0.3 is 0 Å². The highest BCUT2D eigenvalue weighted by Crippen LogP contribution is 2.27. The number of hydrogen-bond donors (Lipinski definition) is 0. The Kier molecular flexibility index (Phi) is 3.09. The summed E-state index contributed by atoms with van der Waals surface area (Å²) < 4.78 is 0. The van der Waals surface area contributed by atoms with Crippen molar-refractivity contribution in [3.05, 3.63) is 58.7 Å². The van der Waals surface area contributed by atoms with E-state index in [1.54, 1.807) is 0 Å². The Morgan fingerprint density at radius 1 is 0.409 bits per heavy atom. The first-order valence-electron chi connectivity index (χ1n) is 6.62. The standard InChI is InChI=1S/C22H10/c1-5-15-9-19-13-21-11-17(7-3)18(8-4)12-22(21)14-20(19)10-16(15)6-2/h1-4,9-14H. The lowest BCUT2D eigenvalue weighted by Gasteiger charge is -2.07. The Morgan fingerprint density at radius 3 is 0.818 bits per heavy atom. The van der Waals surface area contributed by atoms with E-state index in [4.69, 9.17) is 25.7 Å². The molecule has 0 atom stereocenters. The van der Waals surface area contributed by atoms with Gasteiger partial charge in [-0.15, -0.1) is 25.7 Å². The highest BCUT2D eigenvalue weighted by Gasteiger charge is 2.06. The smallest absolute Gasteiger partial charge is 0.0405 e. The van der Waals surface area contributed by atoms with Crippen LogP contribution in [0.1, 0.15) is 22.3 Å². The van der Waals surface area contributed by atoms with Crippen molar-refractivity contribution in [2.24, 2.45) is 0 Å².